The maximum atomic E-state index is 11.9. The van der Waals surface area contributed by atoms with Crippen LogP contribution in [0.25, 0.3) is 0 Å². The molecule has 0 amide bonds. The van der Waals surface area contributed by atoms with Crippen molar-refractivity contribution >= 4 is 52.0 Å². The predicted octanol–water partition coefficient (Wildman–Crippen LogP) is 19.8. The van der Waals surface area contributed by atoms with E-state index < -0.39 is 11.6 Å². The van der Waals surface area contributed by atoms with Crippen molar-refractivity contribution < 1.29 is 62.1 Å². The number of hydrogen-bond donors (Lipinski definition) is 3. The Labute approximate surface area is 622 Å². The maximum absolute atomic E-state index is 11.9. The molecule has 0 aliphatic heterocycles. The van der Waals surface area contributed by atoms with Crippen LogP contribution in [-0.4, -0.2) is 128 Å². The van der Waals surface area contributed by atoms with Gasteiger partial charge in [-0.1, -0.05) is 173 Å². The van der Waals surface area contributed by atoms with E-state index >= 15 is 0 Å². The van der Waals surface area contributed by atoms with Crippen LogP contribution in [0.2, 0.25) is 0 Å². The minimum atomic E-state index is -0.594. The fourth-order valence-electron chi connectivity index (χ4n) is 9.94. The molecule has 0 unspecified atom stereocenters. The van der Waals surface area contributed by atoms with Crippen molar-refractivity contribution in [2.45, 2.75) is 396 Å². The normalized spacial score (nSPS) is 12.8. The third-order valence-electron chi connectivity index (χ3n) is 17.0. The summed E-state index contributed by atoms with van der Waals surface area (Å²) < 4.78 is 23.7. The topological polar surface area (TPSA) is 227 Å². The van der Waals surface area contributed by atoms with Crippen LogP contribution in [0.15, 0.2) is 0 Å². The van der Waals surface area contributed by atoms with E-state index in [1.165, 1.54) is 12.8 Å². The van der Waals surface area contributed by atoms with Gasteiger partial charge in [0.1, 0.15) is 52.0 Å². The van der Waals surface area contributed by atoms with E-state index in [1.54, 1.807) is 0 Å². The van der Waals surface area contributed by atoms with Gasteiger partial charge >= 0.3 is 0 Å². The van der Waals surface area contributed by atoms with Gasteiger partial charge in [-0.15, -0.1) is 0 Å². The van der Waals surface area contributed by atoms with E-state index in [0.29, 0.717) is 151 Å². The summed E-state index contributed by atoms with van der Waals surface area (Å²) in [7, 11) is 0. The summed E-state index contributed by atoms with van der Waals surface area (Å²) in [6.07, 6.45) is 23.5. The first-order valence-electron chi connectivity index (χ1n) is 40.5. The number of Topliss-reactive ketones (excluding diaryl/α,β-unsaturated/α-hetero) is 9. The van der Waals surface area contributed by atoms with Crippen LogP contribution < -0.4 is 16.0 Å². The lowest BCUT2D eigenvalue weighted by Crippen LogP contribution is -2.33. The molecule has 598 valence electrons. The molecule has 0 atom stereocenters. The summed E-state index contributed by atoms with van der Waals surface area (Å²) in [4.78, 5) is 103. The van der Waals surface area contributed by atoms with Gasteiger partial charge < -0.3 is 34.9 Å². The molecule has 1 aliphatic carbocycles. The molecule has 0 aromatic rings. The molecule has 0 spiro atoms. The SMILES string of the molecule is CC(C)C(=O)CCCC(=O)C(C)C.CC(C)CCCC(=O)C(C)C.CC(C)CCCOC(C)(C)OCCCC(=O)CCCC(=O)C(C)C.CC(C)CCCOC1(OCCCC(=O)CCCC(=O)C(C)C)CCCC1.CC(C)NCCC(=O)C(C)C.CC(C)NCCCC(=O)CCCNC(C)C. The fourth-order valence-corrected chi connectivity index (χ4v) is 9.94. The van der Waals surface area contributed by atoms with E-state index in [9.17, 15) is 43.2 Å². The maximum Gasteiger partial charge on any atom is 0.168 e. The van der Waals surface area contributed by atoms with Crippen LogP contribution in [0.1, 0.15) is 366 Å². The lowest BCUT2D eigenvalue weighted by molar-refractivity contribution is -0.233. The molecular weight excluding hydrogens is 1270 g/mol. The highest BCUT2D eigenvalue weighted by Gasteiger charge is 2.35. The first-order chi connectivity index (χ1) is 47.0. The Morgan fingerprint density at radius 1 is 0.297 bits per heavy atom. The van der Waals surface area contributed by atoms with E-state index in [4.69, 9.17) is 18.9 Å². The van der Waals surface area contributed by atoms with Crippen molar-refractivity contribution in [1.29, 1.82) is 0 Å². The molecule has 3 N–H and O–H groups in total. The van der Waals surface area contributed by atoms with Gasteiger partial charge in [0, 0.05) is 150 Å². The number of hydrogen-bond acceptors (Lipinski definition) is 16. The second-order valence-electron chi connectivity index (χ2n) is 32.7. The third-order valence-corrected chi connectivity index (χ3v) is 17.0. The average Bonchev–Trinajstić information content (AvgIpc) is 1.74. The largest absolute Gasteiger partial charge is 0.351 e. The highest BCUT2D eigenvalue weighted by atomic mass is 16.7. The molecule has 16 heteroatoms. The monoisotopic (exact) mass is 1440 g/mol. The van der Waals surface area contributed by atoms with Gasteiger partial charge in [0.25, 0.3) is 0 Å². The van der Waals surface area contributed by atoms with Gasteiger partial charge in [-0.05, 0) is 135 Å². The average molecular weight is 1440 g/mol. The van der Waals surface area contributed by atoms with E-state index in [-0.39, 0.29) is 70.2 Å². The van der Waals surface area contributed by atoms with Crippen molar-refractivity contribution in [3.8, 4) is 0 Å². The van der Waals surface area contributed by atoms with Crippen LogP contribution in [0.3, 0.4) is 0 Å². The molecule has 0 aromatic carbocycles. The molecule has 101 heavy (non-hydrogen) atoms. The summed E-state index contributed by atoms with van der Waals surface area (Å²) in [6.45, 7) is 58.1. The zero-order chi connectivity index (χ0) is 78.5. The van der Waals surface area contributed by atoms with E-state index in [1.807, 2.05) is 96.9 Å². The second kappa shape index (κ2) is 67.4. The molecular formula is C85H165N3O13. The molecule has 0 bridgehead atoms. The first kappa shape index (κ1) is 106. The van der Waals surface area contributed by atoms with Gasteiger partial charge in [-0.25, -0.2) is 0 Å². The molecule has 1 aliphatic rings. The molecule has 0 aromatic heterocycles. The van der Waals surface area contributed by atoms with Crippen molar-refractivity contribution in [3.05, 3.63) is 0 Å². The minimum Gasteiger partial charge on any atom is -0.351 e. The number of carbonyl (C=O) groups excluding carboxylic acids is 9. The molecule has 0 saturated heterocycles. The highest BCUT2D eigenvalue weighted by molar-refractivity contribution is 5.84. The number of ketones is 9. The fraction of sp³-hybridized carbons (Fsp3) is 0.894. The van der Waals surface area contributed by atoms with Gasteiger partial charge in [-0.3, -0.25) is 43.2 Å². The molecule has 16 nitrogen and oxygen atoms in total. The summed E-state index contributed by atoms with van der Waals surface area (Å²) in [5.41, 5.74) is 0. The quantitative estimate of drug-likeness (QED) is 0.0380. The van der Waals surface area contributed by atoms with Crippen molar-refractivity contribution in [2.75, 3.05) is 46.1 Å². The number of carbonyl (C=O) groups is 9. The molecule has 0 heterocycles. The van der Waals surface area contributed by atoms with E-state index in [0.717, 1.165) is 122 Å². The summed E-state index contributed by atoms with van der Waals surface area (Å²) >= 11 is 0. The number of ether oxygens (including phenoxy) is 4. The Morgan fingerprint density at radius 2 is 0.545 bits per heavy atom. The van der Waals surface area contributed by atoms with Crippen molar-refractivity contribution in [3.63, 3.8) is 0 Å². The zero-order valence-electron chi connectivity index (χ0n) is 70.7. The van der Waals surface area contributed by atoms with E-state index in [2.05, 4.69) is 99.0 Å². The van der Waals surface area contributed by atoms with Crippen LogP contribution in [0, 0.1) is 53.3 Å². The molecule has 1 rings (SSSR count). The molecule has 1 saturated carbocycles. The lowest BCUT2D eigenvalue weighted by Gasteiger charge is -2.30. The van der Waals surface area contributed by atoms with Crippen LogP contribution in [0.4, 0.5) is 0 Å². The lowest BCUT2D eigenvalue weighted by atomic mass is 9.99. The minimum absolute atomic E-state index is 0.0660. The predicted molar refractivity (Wildman–Crippen MR) is 423 cm³/mol. The van der Waals surface area contributed by atoms with Crippen LogP contribution in [-0.2, 0) is 62.1 Å². The zero-order valence-corrected chi connectivity index (χ0v) is 70.7. The molecule has 1 fully saturated rings. The molecule has 0 radical (unpaired) electrons. The van der Waals surface area contributed by atoms with Gasteiger partial charge in [0.15, 0.2) is 11.6 Å². The summed E-state index contributed by atoms with van der Waals surface area (Å²) in [6, 6.07) is 1.52. The summed E-state index contributed by atoms with van der Waals surface area (Å²) in [5.74, 6) is 4.51. The van der Waals surface area contributed by atoms with Gasteiger partial charge in [0.05, 0.1) is 26.4 Å². The third kappa shape index (κ3) is 77.7. The van der Waals surface area contributed by atoms with Crippen LogP contribution >= 0.6 is 0 Å². The Bertz CT molecular complexity index is 2020. The highest BCUT2D eigenvalue weighted by Crippen LogP contribution is 2.35. The van der Waals surface area contributed by atoms with Crippen molar-refractivity contribution in [1.82, 2.24) is 16.0 Å². The smallest absolute Gasteiger partial charge is 0.168 e. The Hall–Kier alpha value is -3.25. The Balaban J connectivity index is -0.000000378. The van der Waals surface area contributed by atoms with Gasteiger partial charge in [0.2, 0.25) is 0 Å². The Morgan fingerprint density at radius 3 is 0.871 bits per heavy atom. The summed E-state index contributed by atoms with van der Waals surface area (Å²) in [5, 5.41) is 9.85. The second-order valence-corrected chi connectivity index (χ2v) is 32.7. The first-order valence-corrected chi connectivity index (χ1v) is 40.5. The Kier molecular flexibility index (Phi) is 70.9. The van der Waals surface area contributed by atoms with Gasteiger partial charge in [-0.2, -0.15) is 0 Å². The standard InChI is InChI=1S/C22H40O4.C20H38O4.C13H28N2O.C11H20O2.C10H20O.C9H19NO/c1-18(2)10-8-16-25-22(14-5-6-15-22)26-17-9-12-20(23)11-7-13-21(24)19(3)4;1-16(2)10-8-14-23-20(5,6)24-15-9-12-18(21)11-7-13-19(22)17(3)4;1-11(2)14-9-5-7-13(16)8-6-10-15-12(3)4;1-8(2)10(12)6-5-7-11(13)9(3)4;1-8(2)6-5-7-10(11)9(3)4;1-7(2)9(11)5-6-10-8(3)4/h18-19H,5-17H2,1-4H3;16-17H,7-15H2,1-6H3;11-12,14-15H,5-10H2,1-4H3;8-9H,5-7H2,1-4H3;8-9H,5-7H2,1-4H3;7-8,10H,5-6H2,1-4H3. The van der Waals surface area contributed by atoms with Crippen LogP contribution in [0.5, 0.6) is 0 Å². The number of nitrogens with one attached hydrogen (secondary N) is 3. The number of rotatable bonds is 56. The van der Waals surface area contributed by atoms with Crippen molar-refractivity contribution in [2.24, 2.45) is 53.3 Å².